The fourth-order valence-corrected chi connectivity index (χ4v) is 1.35. The Labute approximate surface area is 101 Å². The Kier molecular flexibility index (Phi) is 5.35. The zero-order valence-corrected chi connectivity index (χ0v) is 10.9. The second-order valence-corrected chi connectivity index (χ2v) is 4.30. The van der Waals surface area contributed by atoms with Crippen molar-refractivity contribution in [3.8, 4) is 0 Å². The first kappa shape index (κ1) is 15.6. The number of carbonyl (C=O) groups is 2. The summed E-state index contributed by atoms with van der Waals surface area (Å²) in [6.07, 6.45) is 0.437. The van der Waals surface area contributed by atoms with Gasteiger partial charge in [-0.25, -0.2) is 9.59 Å². The van der Waals surface area contributed by atoms with E-state index in [4.69, 9.17) is 9.84 Å². The molecule has 2 N–H and O–H groups in total. The van der Waals surface area contributed by atoms with Crippen molar-refractivity contribution in [2.45, 2.75) is 46.3 Å². The molecule has 0 aromatic heterocycles. The summed E-state index contributed by atoms with van der Waals surface area (Å²) in [6, 6.07) is 0. The minimum atomic E-state index is -2.08. The number of esters is 1. The molecule has 0 aromatic rings. The Balaban J connectivity index is 4.96. The third kappa shape index (κ3) is 3.30. The van der Waals surface area contributed by atoms with E-state index in [1.165, 1.54) is 6.92 Å². The standard InChI is InChI=1S/C12H20O5/c1-6-8(4)10(13)17-9(5)12(16,7(2)3)11(14)15/h6-7,9,16H,1-5H3,(H,14,15)/b8-6+/t9-,12+/m1/s1. The number of carboxylic acid groups (broad SMARTS) is 1. The van der Waals surface area contributed by atoms with E-state index in [1.54, 1.807) is 33.8 Å². The van der Waals surface area contributed by atoms with Crippen LogP contribution in [0.1, 0.15) is 34.6 Å². The van der Waals surface area contributed by atoms with Gasteiger partial charge < -0.3 is 14.9 Å². The molecule has 0 spiro atoms. The maximum Gasteiger partial charge on any atom is 0.339 e. The van der Waals surface area contributed by atoms with Crippen molar-refractivity contribution in [2.75, 3.05) is 0 Å². The minimum absolute atomic E-state index is 0.369. The van der Waals surface area contributed by atoms with Crippen LogP contribution in [0, 0.1) is 5.92 Å². The Morgan fingerprint density at radius 3 is 2.06 bits per heavy atom. The van der Waals surface area contributed by atoms with Crippen LogP contribution in [0.15, 0.2) is 11.6 Å². The van der Waals surface area contributed by atoms with Crippen LogP contribution in [0.25, 0.3) is 0 Å². The van der Waals surface area contributed by atoms with Gasteiger partial charge in [0.05, 0.1) is 0 Å². The van der Waals surface area contributed by atoms with Gasteiger partial charge in [0.1, 0.15) is 6.10 Å². The lowest BCUT2D eigenvalue weighted by Gasteiger charge is -2.32. The summed E-state index contributed by atoms with van der Waals surface area (Å²) in [5, 5.41) is 19.1. The lowest BCUT2D eigenvalue weighted by molar-refractivity contribution is -0.187. The smallest absolute Gasteiger partial charge is 0.339 e. The van der Waals surface area contributed by atoms with Crippen molar-refractivity contribution in [3.05, 3.63) is 11.6 Å². The van der Waals surface area contributed by atoms with Crippen LogP contribution in [0.4, 0.5) is 0 Å². The van der Waals surface area contributed by atoms with Crippen molar-refractivity contribution in [2.24, 2.45) is 5.92 Å². The van der Waals surface area contributed by atoms with Crippen LogP contribution in [0.3, 0.4) is 0 Å². The first-order valence-electron chi connectivity index (χ1n) is 5.47. The van der Waals surface area contributed by atoms with Gasteiger partial charge in [-0.2, -0.15) is 0 Å². The average Bonchev–Trinajstić information content (AvgIpc) is 2.25. The molecule has 0 aliphatic heterocycles. The summed E-state index contributed by atoms with van der Waals surface area (Å²) in [4.78, 5) is 22.6. The van der Waals surface area contributed by atoms with E-state index in [0.29, 0.717) is 5.57 Å². The molecular formula is C12H20O5. The number of aliphatic hydroxyl groups is 1. The van der Waals surface area contributed by atoms with Crippen LogP contribution in [-0.2, 0) is 14.3 Å². The average molecular weight is 244 g/mol. The quantitative estimate of drug-likeness (QED) is 0.563. The maximum absolute atomic E-state index is 11.5. The number of carbonyl (C=O) groups excluding carboxylic acids is 1. The highest BCUT2D eigenvalue weighted by atomic mass is 16.6. The molecule has 0 aliphatic carbocycles. The summed E-state index contributed by atoms with van der Waals surface area (Å²) in [7, 11) is 0. The SMILES string of the molecule is C/C=C(\C)C(=O)O[C@H](C)[C@](O)(C(=O)O)C(C)C. The zero-order chi connectivity index (χ0) is 13.8. The Morgan fingerprint density at radius 2 is 1.76 bits per heavy atom. The highest BCUT2D eigenvalue weighted by Gasteiger charge is 2.47. The second kappa shape index (κ2) is 5.82. The van der Waals surface area contributed by atoms with Gasteiger partial charge in [0, 0.05) is 5.57 Å². The molecule has 0 saturated carbocycles. The zero-order valence-electron chi connectivity index (χ0n) is 10.9. The van der Waals surface area contributed by atoms with E-state index in [0.717, 1.165) is 0 Å². The van der Waals surface area contributed by atoms with Gasteiger partial charge in [0.2, 0.25) is 5.60 Å². The molecule has 5 heteroatoms. The predicted octanol–water partition coefficient (Wildman–Crippen LogP) is 1.36. The van der Waals surface area contributed by atoms with Crippen molar-refractivity contribution in [3.63, 3.8) is 0 Å². The van der Waals surface area contributed by atoms with E-state index < -0.39 is 29.6 Å². The summed E-state index contributed by atoms with van der Waals surface area (Å²) >= 11 is 0. The normalized spacial score (nSPS) is 17.5. The molecule has 2 atom stereocenters. The molecule has 0 saturated heterocycles. The summed E-state index contributed by atoms with van der Waals surface area (Å²) < 4.78 is 4.95. The van der Waals surface area contributed by atoms with Gasteiger partial charge in [0.15, 0.2) is 0 Å². The van der Waals surface area contributed by atoms with E-state index in [-0.39, 0.29) is 0 Å². The first-order valence-corrected chi connectivity index (χ1v) is 5.47. The highest BCUT2D eigenvalue weighted by molar-refractivity contribution is 5.88. The third-order valence-electron chi connectivity index (χ3n) is 2.88. The Bertz CT molecular complexity index is 332. The van der Waals surface area contributed by atoms with E-state index in [1.807, 2.05) is 0 Å². The van der Waals surface area contributed by atoms with Gasteiger partial charge in [0.25, 0.3) is 0 Å². The molecule has 0 amide bonds. The molecule has 0 heterocycles. The van der Waals surface area contributed by atoms with Crippen LogP contribution in [0.5, 0.6) is 0 Å². The van der Waals surface area contributed by atoms with Crippen molar-refractivity contribution >= 4 is 11.9 Å². The highest BCUT2D eigenvalue weighted by Crippen LogP contribution is 2.24. The first-order chi connectivity index (χ1) is 7.67. The molecule has 0 rings (SSSR count). The van der Waals surface area contributed by atoms with Gasteiger partial charge in [-0.05, 0) is 26.7 Å². The molecule has 0 aliphatic rings. The molecular weight excluding hydrogens is 224 g/mol. The molecule has 17 heavy (non-hydrogen) atoms. The Morgan fingerprint density at radius 1 is 1.29 bits per heavy atom. The number of rotatable bonds is 5. The molecule has 98 valence electrons. The summed E-state index contributed by atoms with van der Waals surface area (Å²) in [5.41, 5.74) is -1.71. The van der Waals surface area contributed by atoms with Crippen molar-refractivity contribution < 1.29 is 24.5 Å². The minimum Gasteiger partial charge on any atom is -0.479 e. The predicted molar refractivity (Wildman–Crippen MR) is 62.4 cm³/mol. The van der Waals surface area contributed by atoms with Crippen molar-refractivity contribution in [1.29, 1.82) is 0 Å². The van der Waals surface area contributed by atoms with Gasteiger partial charge in [-0.15, -0.1) is 0 Å². The van der Waals surface area contributed by atoms with Crippen LogP contribution < -0.4 is 0 Å². The lowest BCUT2D eigenvalue weighted by Crippen LogP contribution is -2.54. The molecule has 0 fully saturated rings. The van der Waals surface area contributed by atoms with Crippen LogP contribution in [0.2, 0.25) is 0 Å². The second-order valence-electron chi connectivity index (χ2n) is 4.30. The molecule has 0 unspecified atom stereocenters. The monoisotopic (exact) mass is 244 g/mol. The van der Waals surface area contributed by atoms with Crippen LogP contribution >= 0.6 is 0 Å². The summed E-state index contributed by atoms with van der Waals surface area (Å²) in [5.74, 6) is -2.60. The number of ether oxygens (including phenoxy) is 1. The molecule has 0 bridgehead atoms. The van der Waals surface area contributed by atoms with E-state index >= 15 is 0 Å². The molecule has 0 aromatic carbocycles. The fourth-order valence-electron chi connectivity index (χ4n) is 1.35. The van der Waals surface area contributed by atoms with Crippen molar-refractivity contribution in [1.82, 2.24) is 0 Å². The third-order valence-corrected chi connectivity index (χ3v) is 2.88. The number of aliphatic carboxylic acids is 1. The van der Waals surface area contributed by atoms with Crippen LogP contribution in [-0.4, -0.2) is 33.9 Å². The number of hydrogen-bond acceptors (Lipinski definition) is 4. The number of allylic oxidation sites excluding steroid dienone is 1. The maximum atomic E-state index is 11.5. The largest absolute Gasteiger partial charge is 0.479 e. The fraction of sp³-hybridized carbons (Fsp3) is 0.667. The van der Waals surface area contributed by atoms with Gasteiger partial charge in [-0.1, -0.05) is 19.9 Å². The van der Waals surface area contributed by atoms with E-state index in [9.17, 15) is 14.7 Å². The summed E-state index contributed by atoms with van der Waals surface area (Å²) in [6.45, 7) is 7.72. The van der Waals surface area contributed by atoms with Gasteiger partial charge in [-0.3, -0.25) is 0 Å². The molecule has 0 radical (unpaired) electrons. The lowest BCUT2D eigenvalue weighted by atomic mass is 9.85. The van der Waals surface area contributed by atoms with Gasteiger partial charge >= 0.3 is 11.9 Å². The number of hydrogen-bond donors (Lipinski definition) is 2. The Hall–Kier alpha value is -1.36. The number of carboxylic acids is 1. The molecule has 5 nitrogen and oxygen atoms in total. The topological polar surface area (TPSA) is 83.8 Å². The van der Waals surface area contributed by atoms with E-state index in [2.05, 4.69) is 0 Å².